The predicted octanol–water partition coefficient (Wildman–Crippen LogP) is 2.73. The molecule has 0 saturated heterocycles. The average Bonchev–Trinajstić information content (AvgIpc) is 2.45. The molecule has 2 aromatic rings. The summed E-state index contributed by atoms with van der Waals surface area (Å²) in [5.41, 5.74) is 1.39. The minimum atomic E-state index is -1.06. The summed E-state index contributed by atoms with van der Waals surface area (Å²) >= 11 is 0. The van der Waals surface area contributed by atoms with Crippen molar-refractivity contribution in [3.8, 4) is 16.9 Å². The fourth-order valence-electron chi connectivity index (χ4n) is 1.71. The molecule has 0 spiro atoms. The predicted molar refractivity (Wildman–Crippen MR) is 71.7 cm³/mol. The second-order valence-electron chi connectivity index (χ2n) is 4.02. The number of benzene rings is 2. The zero-order valence-corrected chi connectivity index (χ0v) is 10.4. The van der Waals surface area contributed by atoms with E-state index in [1.54, 1.807) is 36.4 Å². The summed E-state index contributed by atoms with van der Waals surface area (Å²) in [5, 5.41) is 19.3. The van der Waals surface area contributed by atoms with Crippen molar-refractivity contribution in [2.24, 2.45) is 0 Å². The lowest BCUT2D eigenvalue weighted by Gasteiger charge is -2.06. The molecule has 0 unspecified atom stereocenters. The molecule has 0 atom stereocenters. The van der Waals surface area contributed by atoms with Crippen molar-refractivity contribution >= 4 is 11.7 Å². The fourth-order valence-corrected chi connectivity index (χ4v) is 1.71. The van der Waals surface area contributed by atoms with Crippen molar-refractivity contribution in [3.05, 3.63) is 58.6 Å². The first-order valence-corrected chi connectivity index (χ1v) is 5.76. The van der Waals surface area contributed by atoms with Crippen LogP contribution in [0, 0.1) is 10.1 Å². The van der Waals surface area contributed by atoms with Gasteiger partial charge < -0.3 is 9.84 Å². The van der Waals surface area contributed by atoms with E-state index in [4.69, 9.17) is 9.84 Å². The van der Waals surface area contributed by atoms with Crippen LogP contribution >= 0.6 is 0 Å². The number of rotatable bonds is 5. The van der Waals surface area contributed by atoms with Gasteiger partial charge in [0.15, 0.2) is 6.61 Å². The molecular formula is C14H11NO5. The Morgan fingerprint density at radius 1 is 1.15 bits per heavy atom. The molecule has 0 saturated carbocycles. The number of nitrogens with zero attached hydrogens (tertiary/aromatic N) is 1. The minimum Gasteiger partial charge on any atom is -0.482 e. The van der Waals surface area contributed by atoms with Crippen LogP contribution in [0.1, 0.15) is 0 Å². The molecule has 2 rings (SSSR count). The van der Waals surface area contributed by atoms with E-state index in [0.29, 0.717) is 11.3 Å². The van der Waals surface area contributed by atoms with Gasteiger partial charge in [-0.05, 0) is 23.3 Å². The van der Waals surface area contributed by atoms with E-state index in [1.807, 2.05) is 0 Å². The van der Waals surface area contributed by atoms with Crippen molar-refractivity contribution < 1.29 is 19.6 Å². The Morgan fingerprint density at radius 3 is 2.45 bits per heavy atom. The summed E-state index contributed by atoms with van der Waals surface area (Å²) in [6.07, 6.45) is 0. The molecule has 0 aliphatic heterocycles. The van der Waals surface area contributed by atoms with Crippen LogP contribution in [0.4, 0.5) is 5.69 Å². The van der Waals surface area contributed by atoms with Gasteiger partial charge in [-0.1, -0.05) is 24.3 Å². The summed E-state index contributed by atoms with van der Waals surface area (Å²) in [6.45, 7) is -0.432. The number of aliphatic carboxylic acids is 1. The van der Waals surface area contributed by atoms with Crippen LogP contribution in [-0.2, 0) is 4.79 Å². The molecule has 2 aromatic carbocycles. The van der Waals surface area contributed by atoms with E-state index < -0.39 is 17.5 Å². The molecule has 0 aromatic heterocycles. The Balaban J connectivity index is 2.28. The Labute approximate surface area is 114 Å². The van der Waals surface area contributed by atoms with Crippen LogP contribution in [0.5, 0.6) is 5.75 Å². The molecular weight excluding hydrogens is 262 g/mol. The first-order chi connectivity index (χ1) is 9.56. The number of hydrogen-bond donors (Lipinski definition) is 1. The molecule has 0 radical (unpaired) electrons. The highest BCUT2D eigenvalue weighted by atomic mass is 16.6. The van der Waals surface area contributed by atoms with Crippen LogP contribution in [-0.4, -0.2) is 22.6 Å². The van der Waals surface area contributed by atoms with Crippen LogP contribution in [0.25, 0.3) is 11.1 Å². The van der Waals surface area contributed by atoms with Crippen molar-refractivity contribution in [1.29, 1.82) is 0 Å². The van der Waals surface area contributed by atoms with E-state index >= 15 is 0 Å². The van der Waals surface area contributed by atoms with Crippen molar-refractivity contribution in [2.75, 3.05) is 6.61 Å². The molecule has 20 heavy (non-hydrogen) atoms. The minimum absolute atomic E-state index is 0.000595. The van der Waals surface area contributed by atoms with E-state index in [-0.39, 0.29) is 5.69 Å². The first kappa shape index (κ1) is 13.5. The largest absolute Gasteiger partial charge is 0.482 e. The molecule has 6 heteroatoms. The summed E-state index contributed by atoms with van der Waals surface area (Å²) in [6, 6.07) is 12.9. The number of hydrogen-bond acceptors (Lipinski definition) is 4. The lowest BCUT2D eigenvalue weighted by molar-refractivity contribution is -0.384. The molecule has 102 valence electrons. The van der Waals surface area contributed by atoms with Crippen LogP contribution in [0.2, 0.25) is 0 Å². The molecule has 6 nitrogen and oxygen atoms in total. The van der Waals surface area contributed by atoms with Gasteiger partial charge in [0.2, 0.25) is 0 Å². The van der Waals surface area contributed by atoms with Gasteiger partial charge in [-0.25, -0.2) is 4.79 Å². The second-order valence-corrected chi connectivity index (χ2v) is 4.02. The molecule has 0 amide bonds. The number of nitro benzene ring substituents is 1. The lowest BCUT2D eigenvalue weighted by Crippen LogP contribution is -2.09. The maximum Gasteiger partial charge on any atom is 0.341 e. The maximum absolute atomic E-state index is 10.7. The fraction of sp³-hybridized carbons (Fsp3) is 0.0714. The molecule has 0 aliphatic carbocycles. The Kier molecular flexibility index (Phi) is 3.95. The van der Waals surface area contributed by atoms with Crippen molar-refractivity contribution in [1.82, 2.24) is 0 Å². The van der Waals surface area contributed by atoms with Gasteiger partial charge in [0.25, 0.3) is 5.69 Å². The van der Waals surface area contributed by atoms with Gasteiger partial charge in [-0.3, -0.25) is 10.1 Å². The number of non-ortho nitro benzene ring substituents is 1. The number of carboxylic acids is 1. The summed E-state index contributed by atoms with van der Waals surface area (Å²) in [5.74, 6) is -0.665. The summed E-state index contributed by atoms with van der Waals surface area (Å²) < 4.78 is 5.07. The van der Waals surface area contributed by atoms with Crippen LogP contribution in [0.3, 0.4) is 0 Å². The smallest absolute Gasteiger partial charge is 0.341 e. The third-order valence-corrected chi connectivity index (χ3v) is 2.59. The van der Waals surface area contributed by atoms with Crippen molar-refractivity contribution in [2.45, 2.75) is 0 Å². The normalized spacial score (nSPS) is 10.0. The number of nitro groups is 1. The van der Waals surface area contributed by atoms with E-state index in [2.05, 4.69) is 0 Å². The highest BCUT2D eigenvalue weighted by molar-refractivity contribution is 5.69. The summed E-state index contributed by atoms with van der Waals surface area (Å²) in [7, 11) is 0. The van der Waals surface area contributed by atoms with Crippen LogP contribution < -0.4 is 4.74 Å². The maximum atomic E-state index is 10.7. The highest BCUT2D eigenvalue weighted by Gasteiger charge is 2.08. The molecule has 0 fully saturated rings. The molecule has 0 aliphatic rings. The molecule has 0 bridgehead atoms. The van der Waals surface area contributed by atoms with Gasteiger partial charge in [0.05, 0.1) is 4.92 Å². The molecule has 0 heterocycles. The van der Waals surface area contributed by atoms with E-state index in [0.717, 1.165) is 5.56 Å². The summed E-state index contributed by atoms with van der Waals surface area (Å²) in [4.78, 5) is 20.7. The zero-order chi connectivity index (χ0) is 14.5. The number of ether oxygens (including phenoxy) is 1. The monoisotopic (exact) mass is 273 g/mol. The lowest BCUT2D eigenvalue weighted by atomic mass is 10.1. The first-order valence-electron chi connectivity index (χ1n) is 5.76. The second kappa shape index (κ2) is 5.83. The Hall–Kier alpha value is -2.89. The quantitative estimate of drug-likeness (QED) is 0.668. The SMILES string of the molecule is O=C(O)COc1cccc(-c2cccc([N+](=O)[O-])c2)c1. The van der Waals surface area contributed by atoms with Crippen molar-refractivity contribution in [3.63, 3.8) is 0 Å². The Morgan fingerprint density at radius 2 is 1.80 bits per heavy atom. The average molecular weight is 273 g/mol. The van der Waals surface area contributed by atoms with Gasteiger partial charge in [-0.2, -0.15) is 0 Å². The molecule has 1 N–H and O–H groups in total. The zero-order valence-electron chi connectivity index (χ0n) is 10.4. The van der Waals surface area contributed by atoms with Gasteiger partial charge in [0.1, 0.15) is 5.75 Å². The van der Waals surface area contributed by atoms with Gasteiger partial charge in [-0.15, -0.1) is 0 Å². The highest BCUT2D eigenvalue weighted by Crippen LogP contribution is 2.26. The topological polar surface area (TPSA) is 89.7 Å². The third kappa shape index (κ3) is 3.32. The van der Waals surface area contributed by atoms with Gasteiger partial charge >= 0.3 is 5.97 Å². The van der Waals surface area contributed by atoms with Crippen LogP contribution in [0.15, 0.2) is 48.5 Å². The van der Waals surface area contributed by atoms with E-state index in [9.17, 15) is 14.9 Å². The third-order valence-electron chi connectivity index (χ3n) is 2.59. The standard InChI is InChI=1S/C14H11NO5/c16-14(17)9-20-13-6-2-4-11(8-13)10-3-1-5-12(7-10)15(18)19/h1-8H,9H2,(H,16,17). The Bertz CT molecular complexity index is 654. The number of carboxylic acid groups (broad SMARTS) is 1. The van der Waals surface area contributed by atoms with E-state index in [1.165, 1.54) is 12.1 Å². The van der Waals surface area contributed by atoms with Gasteiger partial charge in [0, 0.05) is 12.1 Å². The number of carbonyl (C=O) groups is 1.